The second-order valence-electron chi connectivity index (χ2n) is 6.42. The average molecular weight is 338 g/mol. The zero-order valence-corrected chi connectivity index (χ0v) is 14.1. The van der Waals surface area contributed by atoms with Crippen molar-refractivity contribution in [2.24, 2.45) is 0 Å². The largest absolute Gasteiger partial charge is 0.381 e. The van der Waals surface area contributed by atoms with Gasteiger partial charge >= 0.3 is 0 Å². The Morgan fingerprint density at radius 1 is 1.22 bits per heavy atom. The fourth-order valence-electron chi connectivity index (χ4n) is 3.47. The number of carbonyl (C=O) groups excluding carboxylic acids is 1. The summed E-state index contributed by atoms with van der Waals surface area (Å²) in [5.41, 5.74) is 0.770. The predicted octanol–water partition coefficient (Wildman–Crippen LogP) is 3.42. The number of nitrogens with one attached hydrogen (secondary N) is 1. The molecule has 3 rings (SSSR count). The predicted molar refractivity (Wildman–Crippen MR) is 89.5 cm³/mol. The molecular formula is C18H24ClNO3. The molecule has 0 aromatic heterocycles. The van der Waals surface area contributed by atoms with Crippen LogP contribution < -0.4 is 5.32 Å². The molecule has 1 amide bonds. The number of benzene rings is 1. The number of amides is 1. The number of hydrogen-bond acceptors (Lipinski definition) is 3. The van der Waals surface area contributed by atoms with Crippen molar-refractivity contribution in [1.82, 2.24) is 5.32 Å². The van der Waals surface area contributed by atoms with Crippen molar-refractivity contribution in [3.8, 4) is 0 Å². The van der Waals surface area contributed by atoms with Gasteiger partial charge in [0.25, 0.3) is 0 Å². The van der Waals surface area contributed by atoms with Gasteiger partial charge in [-0.3, -0.25) is 4.79 Å². The first-order valence-corrected chi connectivity index (χ1v) is 8.82. The van der Waals surface area contributed by atoms with Gasteiger partial charge < -0.3 is 14.8 Å². The van der Waals surface area contributed by atoms with Gasteiger partial charge in [-0.15, -0.1) is 0 Å². The van der Waals surface area contributed by atoms with E-state index in [2.05, 4.69) is 5.32 Å². The molecule has 0 bridgehead atoms. The first-order chi connectivity index (χ1) is 11.2. The molecular weight excluding hydrogens is 314 g/mol. The Kier molecular flexibility index (Phi) is 5.57. The fourth-order valence-corrected chi connectivity index (χ4v) is 3.59. The molecule has 0 saturated carbocycles. The van der Waals surface area contributed by atoms with Gasteiger partial charge in [0, 0.05) is 31.3 Å². The summed E-state index contributed by atoms with van der Waals surface area (Å²) in [6.07, 6.45) is 5.34. The highest BCUT2D eigenvalue weighted by atomic mass is 35.5. The Balaban J connectivity index is 1.66. The first-order valence-electron chi connectivity index (χ1n) is 8.44. The second kappa shape index (κ2) is 7.65. The number of halogens is 1. The summed E-state index contributed by atoms with van der Waals surface area (Å²) >= 11 is 6.00. The van der Waals surface area contributed by atoms with Gasteiger partial charge in [0.1, 0.15) is 0 Å². The van der Waals surface area contributed by atoms with Crippen molar-refractivity contribution in [3.63, 3.8) is 0 Å². The van der Waals surface area contributed by atoms with Crippen LogP contribution in [0.25, 0.3) is 0 Å². The third-order valence-electron chi connectivity index (χ3n) is 4.84. The monoisotopic (exact) mass is 337 g/mol. The highest BCUT2D eigenvalue weighted by Crippen LogP contribution is 2.33. The quantitative estimate of drug-likeness (QED) is 0.895. The van der Waals surface area contributed by atoms with Crippen LogP contribution in [-0.4, -0.2) is 31.8 Å². The van der Waals surface area contributed by atoms with Crippen LogP contribution in [0.5, 0.6) is 0 Å². The van der Waals surface area contributed by atoms with Crippen LogP contribution >= 0.6 is 11.6 Å². The van der Waals surface area contributed by atoms with Crippen LogP contribution in [0.3, 0.4) is 0 Å². The zero-order valence-electron chi connectivity index (χ0n) is 13.4. The SMILES string of the molecule is O=C(CC[C@H]1CCCO1)NC1(c2ccc(Cl)cc2)CCOCC1. The molecule has 1 N–H and O–H groups in total. The number of rotatable bonds is 5. The molecule has 2 fully saturated rings. The van der Waals surface area contributed by atoms with Crippen molar-refractivity contribution in [2.75, 3.05) is 19.8 Å². The minimum atomic E-state index is -0.337. The summed E-state index contributed by atoms with van der Waals surface area (Å²) in [5, 5.41) is 3.98. The van der Waals surface area contributed by atoms with Crippen LogP contribution in [0.4, 0.5) is 0 Å². The Hall–Kier alpha value is -1.10. The molecule has 5 heteroatoms. The molecule has 4 nitrogen and oxygen atoms in total. The summed E-state index contributed by atoms with van der Waals surface area (Å²) in [5.74, 6) is 0.0948. The third-order valence-corrected chi connectivity index (χ3v) is 5.09. The van der Waals surface area contributed by atoms with E-state index in [1.54, 1.807) is 0 Å². The van der Waals surface area contributed by atoms with Crippen molar-refractivity contribution >= 4 is 17.5 Å². The van der Waals surface area contributed by atoms with Crippen molar-refractivity contribution in [1.29, 1.82) is 0 Å². The van der Waals surface area contributed by atoms with Gasteiger partial charge in [0.2, 0.25) is 5.91 Å². The lowest BCUT2D eigenvalue weighted by Crippen LogP contribution is -2.49. The summed E-state index contributed by atoms with van der Waals surface area (Å²) in [6, 6.07) is 7.78. The zero-order chi connectivity index (χ0) is 16.1. The summed E-state index contributed by atoms with van der Waals surface area (Å²) < 4.78 is 11.1. The molecule has 2 aliphatic rings. The molecule has 126 valence electrons. The highest BCUT2D eigenvalue weighted by molar-refractivity contribution is 6.30. The maximum atomic E-state index is 12.5. The van der Waals surface area contributed by atoms with Gasteiger partial charge in [-0.1, -0.05) is 23.7 Å². The van der Waals surface area contributed by atoms with Crippen LogP contribution in [0.1, 0.15) is 44.1 Å². The molecule has 0 aliphatic carbocycles. The minimum Gasteiger partial charge on any atom is -0.381 e. The highest BCUT2D eigenvalue weighted by Gasteiger charge is 2.36. The van der Waals surface area contributed by atoms with E-state index in [9.17, 15) is 4.79 Å². The van der Waals surface area contributed by atoms with E-state index in [-0.39, 0.29) is 17.6 Å². The Labute approximate surface area is 142 Å². The molecule has 1 aromatic rings. The van der Waals surface area contributed by atoms with E-state index in [1.807, 2.05) is 24.3 Å². The molecule has 2 saturated heterocycles. The van der Waals surface area contributed by atoms with Crippen LogP contribution in [0, 0.1) is 0 Å². The van der Waals surface area contributed by atoms with Crippen LogP contribution in [0.15, 0.2) is 24.3 Å². The summed E-state index contributed by atoms with van der Waals surface area (Å²) in [6.45, 7) is 2.15. The first kappa shape index (κ1) is 16.7. The van der Waals surface area contributed by atoms with Gasteiger partial charge in [0.05, 0.1) is 11.6 Å². The Morgan fingerprint density at radius 3 is 2.61 bits per heavy atom. The third kappa shape index (κ3) is 4.25. The lowest BCUT2D eigenvalue weighted by atomic mass is 9.82. The van der Waals surface area contributed by atoms with Gasteiger partial charge in [0.15, 0.2) is 0 Å². The van der Waals surface area contributed by atoms with E-state index in [0.717, 1.165) is 44.3 Å². The van der Waals surface area contributed by atoms with Gasteiger partial charge in [-0.2, -0.15) is 0 Å². The van der Waals surface area contributed by atoms with Crippen molar-refractivity contribution in [3.05, 3.63) is 34.9 Å². The van der Waals surface area contributed by atoms with Crippen LogP contribution in [0.2, 0.25) is 5.02 Å². The van der Waals surface area contributed by atoms with E-state index < -0.39 is 0 Å². The maximum absolute atomic E-state index is 12.5. The Morgan fingerprint density at radius 2 is 1.96 bits per heavy atom. The maximum Gasteiger partial charge on any atom is 0.220 e. The molecule has 2 aliphatic heterocycles. The number of carbonyl (C=O) groups is 1. The van der Waals surface area contributed by atoms with E-state index >= 15 is 0 Å². The normalized spacial score (nSPS) is 23.6. The summed E-state index contributed by atoms with van der Waals surface area (Å²) in [7, 11) is 0. The van der Waals surface area contributed by atoms with Crippen molar-refractivity contribution < 1.29 is 14.3 Å². The number of hydrogen-bond donors (Lipinski definition) is 1. The van der Waals surface area contributed by atoms with E-state index in [1.165, 1.54) is 0 Å². The smallest absolute Gasteiger partial charge is 0.220 e. The van der Waals surface area contributed by atoms with Crippen LogP contribution in [-0.2, 0) is 19.8 Å². The average Bonchev–Trinajstić information content (AvgIpc) is 3.08. The standard InChI is InChI=1S/C18H24ClNO3/c19-15-5-3-14(4-6-15)18(9-12-22-13-10-18)20-17(21)8-7-16-2-1-11-23-16/h3-6,16H,1-2,7-13H2,(H,20,21)/t16-/m1/s1. The van der Waals surface area contributed by atoms with Gasteiger partial charge in [-0.25, -0.2) is 0 Å². The van der Waals surface area contributed by atoms with E-state index in [4.69, 9.17) is 21.1 Å². The topological polar surface area (TPSA) is 47.6 Å². The fraction of sp³-hybridized carbons (Fsp3) is 0.611. The molecule has 0 spiro atoms. The lowest BCUT2D eigenvalue weighted by Gasteiger charge is -2.38. The molecule has 23 heavy (non-hydrogen) atoms. The molecule has 1 aromatic carbocycles. The molecule has 1 atom stereocenters. The molecule has 0 radical (unpaired) electrons. The molecule has 0 unspecified atom stereocenters. The minimum absolute atomic E-state index is 0.0948. The summed E-state index contributed by atoms with van der Waals surface area (Å²) in [4.78, 5) is 12.5. The van der Waals surface area contributed by atoms with Gasteiger partial charge in [-0.05, 0) is 49.8 Å². The number of ether oxygens (including phenoxy) is 2. The lowest BCUT2D eigenvalue weighted by molar-refractivity contribution is -0.125. The van der Waals surface area contributed by atoms with E-state index in [0.29, 0.717) is 24.7 Å². The van der Waals surface area contributed by atoms with Crippen molar-refractivity contribution in [2.45, 2.75) is 50.2 Å². The molecule has 2 heterocycles. The second-order valence-corrected chi connectivity index (χ2v) is 6.86. The Bertz CT molecular complexity index is 520.